The fourth-order valence-electron chi connectivity index (χ4n) is 5.63. The van der Waals surface area contributed by atoms with Gasteiger partial charge in [0.25, 0.3) is 0 Å². The molecule has 1 aromatic heterocycles. The first kappa shape index (κ1) is 19.8. The number of aryl methyl sites for hydroxylation is 1. The quantitative estimate of drug-likeness (QED) is 0.666. The predicted octanol–water partition coefficient (Wildman–Crippen LogP) is 1.81. The van der Waals surface area contributed by atoms with Gasteiger partial charge < -0.3 is 23.9 Å². The van der Waals surface area contributed by atoms with Gasteiger partial charge in [-0.15, -0.1) is 0 Å². The highest BCUT2D eigenvalue weighted by molar-refractivity contribution is 5.93. The molecule has 1 spiro atoms. The minimum atomic E-state index is -0.633. The number of rotatable bonds is 6. The van der Waals surface area contributed by atoms with Gasteiger partial charge in [0.2, 0.25) is 11.8 Å². The van der Waals surface area contributed by atoms with Crippen LogP contribution in [0.5, 0.6) is 0 Å². The smallest absolute Gasteiger partial charge is 0.230 e. The van der Waals surface area contributed by atoms with Crippen molar-refractivity contribution in [2.75, 3.05) is 39.8 Å². The second-order valence-corrected chi connectivity index (χ2v) is 9.27. The summed E-state index contributed by atoms with van der Waals surface area (Å²) in [5.41, 5.74) is -0.633. The number of ether oxygens (including phenoxy) is 1. The van der Waals surface area contributed by atoms with Gasteiger partial charge in [0.1, 0.15) is 17.1 Å². The molecule has 1 aromatic rings. The number of hydrogen-bond donors (Lipinski definition) is 0. The Morgan fingerprint density at radius 3 is 2.77 bits per heavy atom. The van der Waals surface area contributed by atoms with Gasteiger partial charge in [0, 0.05) is 20.1 Å². The average molecular weight is 414 g/mol. The summed E-state index contributed by atoms with van der Waals surface area (Å²) < 4.78 is 11.9. The third kappa shape index (κ3) is 3.28. The summed E-state index contributed by atoms with van der Waals surface area (Å²) in [6, 6.07) is 3.79. The topological polar surface area (TPSA) is 66.2 Å². The van der Waals surface area contributed by atoms with E-state index in [4.69, 9.17) is 9.15 Å². The third-order valence-electron chi connectivity index (χ3n) is 7.16. The summed E-state index contributed by atoms with van der Waals surface area (Å²) in [4.78, 5) is 32.7. The standard InChI is InChI=1S/C23H31N3O4/c1-16-6-7-17(29-16)14-24(2)21(27)19-18-8-9-23(30-18)15-26(22(28)20(19)23)13-12-25-10-4-3-5-11-25/h6-9,18-20H,3-5,10-15H2,1-2H3/t18-,19+,20+,23-/m0/s1. The molecule has 162 valence electrons. The van der Waals surface area contributed by atoms with Crippen LogP contribution in [-0.2, 0) is 20.9 Å². The Hall–Kier alpha value is -2.12. The maximum Gasteiger partial charge on any atom is 0.230 e. The van der Waals surface area contributed by atoms with Crippen LogP contribution in [0.1, 0.15) is 30.8 Å². The van der Waals surface area contributed by atoms with Gasteiger partial charge in [0.15, 0.2) is 0 Å². The molecule has 0 aromatic carbocycles. The lowest BCUT2D eigenvalue weighted by Crippen LogP contribution is -2.45. The minimum absolute atomic E-state index is 0.0449. The number of carbonyl (C=O) groups excluding carboxylic acids is 2. The molecule has 7 nitrogen and oxygen atoms in total. The van der Waals surface area contributed by atoms with Crippen LogP contribution < -0.4 is 0 Å². The lowest BCUT2D eigenvalue weighted by Gasteiger charge is -2.29. The number of likely N-dealkylation sites (tertiary alicyclic amines) is 2. The first-order valence-electron chi connectivity index (χ1n) is 11.2. The molecule has 0 unspecified atom stereocenters. The lowest BCUT2D eigenvalue weighted by molar-refractivity contribution is -0.142. The zero-order valence-corrected chi connectivity index (χ0v) is 17.9. The fourth-order valence-corrected chi connectivity index (χ4v) is 5.63. The minimum Gasteiger partial charge on any atom is -0.464 e. The number of furan rings is 1. The van der Waals surface area contributed by atoms with Gasteiger partial charge in [-0.1, -0.05) is 18.6 Å². The molecule has 0 N–H and O–H groups in total. The van der Waals surface area contributed by atoms with Crippen molar-refractivity contribution in [1.29, 1.82) is 0 Å². The highest BCUT2D eigenvalue weighted by Crippen LogP contribution is 2.52. The van der Waals surface area contributed by atoms with E-state index in [1.807, 2.05) is 36.1 Å². The average Bonchev–Trinajstić information content (AvgIpc) is 3.48. The number of amides is 2. The molecular weight excluding hydrogens is 382 g/mol. The number of nitrogens with zero attached hydrogens (tertiary/aromatic N) is 3. The van der Waals surface area contributed by atoms with Crippen LogP contribution >= 0.6 is 0 Å². The fraction of sp³-hybridized carbons (Fsp3) is 0.652. The molecule has 4 atom stereocenters. The van der Waals surface area contributed by atoms with Crippen molar-refractivity contribution in [2.45, 2.75) is 44.4 Å². The zero-order valence-electron chi connectivity index (χ0n) is 17.9. The number of fused-ring (bicyclic) bond motifs is 1. The van der Waals surface area contributed by atoms with E-state index >= 15 is 0 Å². The second-order valence-electron chi connectivity index (χ2n) is 9.27. The van der Waals surface area contributed by atoms with E-state index < -0.39 is 17.4 Å². The van der Waals surface area contributed by atoms with Crippen LogP contribution in [0.15, 0.2) is 28.7 Å². The van der Waals surface area contributed by atoms with Crippen LogP contribution in [0, 0.1) is 18.8 Å². The highest BCUT2D eigenvalue weighted by atomic mass is 16.5. The summed E-state index contributed by atoms with van der Waals surface area (Å²) in [5.74, 6) is 0.728. The monoisotopic (exact) mass is 413 g/mol. The molecule has 2 bridgehead atoms. The van der Waals surface area contributed by atoms with Crippen LogP contribution in [0.25, 0.3) is 0 Å². The van der Waals surface area contributed by atoms with Crippen molar-refractivity contribution in [1.82, 2.24) is 14.7 Å². The molecule has 4 aliphatic heterocycles. The van der Waals surface area contributed by atoms with Crippen molar-refractivity contribution in [3.05, 3.63) is 35.8 Å². The highest BCUT2D eigenvalue weighted by Gasteiger charge is 2.67. The Labute approximate surface area is 177 Å². The molecule has 5 heterocycles. The van der Waals surface area contributed by atoms with Crippen molar-refractivity contribution in [2.24, 2.45) is 11.8 Å². The zero-order chi connectivity index (χ0) is 20.9. The van der Waals surface area contributed by atoms with Gasteiger partial charge in [0.05, 0.1) is 31.0 Å². The molecule has 0 saturated carbocycles. The summed E-state index contributed by atoms with van der Waals surface area (Å²) in [6.07, 6.45) is 7.49. The molecule has 7 heteroatoms. The van der Waals surface area contributed by atoms with Gasteiger partial charge in [-0.2, -0.15) is 0 Å². The largest absolute Gasteiger partial charge is 0.464 e. The third-order valence-corrected chi connectivity index (χ3v) is 7.16. The first-order valence-corrected chi connectivity index (χ1v) is 11.2. The van der Waals surface area contributed by atoms with Crippen molar-refractivity contribution < 1.29 is 18.7 Å². The normalized spacial score (nSPS) is 32.8. The molecule has 30 heavy (non-hydrogen) atoms. The predicted molar refractivity (Wildman–Crippen MR) is 111 cm³/mol. The van der Waals surface area contributed by atoms with Crippen LogP contribution in [0.4, 0.5) is 0 Å². The summed E-state index contributed by atoms with van der Waals surface area (Å²) in [7, 11) is 1.77. The molecule has 4 aliphatic rings. The summed E-state index contributed by atoms with van der Waals surface area (Å²) in [6.45, 7) is 6.69. The van der Waals surface area contributed by atoms with Crippen molar-refractivity contribution in [3.8, 4) is 0 Å². The van der Waals surface area contributed by atoms with Crippen LogP contribution in [0.3, 0.4) is 0 Å². The Morgan fingerprint density at radius 1 is 1.23 bits per heavy atom. The molecule has 0 aliphatic carbocycles. The summed E-state index contributed by atoms with van der Waals surface area (Å²) >= 11 is 0. The maximum atomic E-state index is 13.3. The molecule has 2 amide bonds. The molecule has 5 rings (SSSR count). The maximum absolute atomic E-state index is 13.3. The Balaban J connectivity index is 1.27. The van der Waals surface area contributed by atoms with E-state index in [-0.39, 0.29) is 17.9 Å². The SMILES string of the molecule is Cc1ccc(CN(C)C(=O)[C@@H]2[C@@H]3C=C[C@@]4(CN(CCN5CCCCC5)C(=O)[C@@H]24)O3)o1. The van der Waals surface area contributed by atoms with Gasteiger partial charge in [-0.05, 0) is 45.0 Å². The Kier molecular flexibility index (Phi) is 4.98. The molecule has 3 fully saturated rings. The van der Waals surface area contributed by atoms with E-state index in [2.05, 4.69) is 4.90 Å². The second kappa shape index (κ2) is 7.54. The van der Waals surface area contributed by atoms with E-state index in [0.717, 1.165) is 31.2 Å². The Morgan fingerprint density at radius 2 is 2.03 bits per heavy atom. The number of hydrogen-bond acceptors (Lipinski definition) is 5. The van der Waals surface area contributed by atoms with Crippen molar-refractivity contribution in [3.63, 3.8) is 0 Å². The van der Waals surface area contributed by atoms with Crippen molar-refractivity contribution >= 4 is 11.8 Å². The molecule has 0 radical (unpaired) electrons. The first-order chi connectivity index (χ1) is 14.5. The number of piperidine rings is 1. The van der Waals surface area contributed by atoms with E-state index in [9.17, 15) is 9.59 Å². The van der Waals surface area contributed by atoms with E-state index in [1.54, 1.807) is 11.9 Å². The van der Waals surface area contributed by atoms with E-state index in [1.165, 1.54) is 19.3 Å². The van der Waals surface area contributed by atoms with E-state index in [0.29, 0.717) is 19.6 Å². The van der Waals surface area contributed by atoms with Gasteiger partial charge >= 0.3 is 0 Å². The van der Waals surface area contributed by atoms with Crippen LogP contribution in [0.2, 0.25) is 0 Å². The Bertz CT molecular complexity index is 858. The van der Waals surface area contributed by atoms with Crippen LogP contribution in [-0.4, -0.2) is 78.0 Å². The van der Waals surface area contributed by atoms with Gasteiger partial charge in [-0.25, -0.2) is 0 Å². The lowest BCUT2D eigenvalue weighted by atomic mass is 9.76. The van der Waals surface area contributed by atoms with Gasteiger partial charge in [-0.3, -0.25) is 9.59 Å². The summed E-state index contributed by atoms with van der Waals surface area (Å²) in [5, 5.41) is 0. The molecular formula is C23H31N3O4. The molecule has 3 saturated heterocycles. The number of carbonyl (C=O) groups is 2.